The average Bonchev–Trinajstić information content (AvgIpc) is 2.94. The fourth-order valence-electron chi connectivity index (χ4n) is 3.21. The van der Waals surface area contributed by atoms with Gasteiger partial charge in [-0.15, -0.1) is 0 Å². The summed E-state index contributed by atoms with van der Waals surface area (Å²) in [6.45, 7) is 3.39. The molecule has 0 aromatic heterocycles. The highest BCUT2D eigenvalue weighted by Gasteiger charge is 2.24. The van der Waals surface area contributed by atoms with E-state index in [9.17, 15) is 0 Å². The van der Waals surface area contributed by atoms with Crippen molar-refractivity contribution in [2.75, 3.05) is 6.54 Å². The van der Waals surface area contributed by atoms with Crippen molar-refractivity contribution in [3.63, 3.8) is 0 Å². The summed E-state index contributed by atoms with van der Waals surface area (Å²) in [4.78, 5) is 0. The lowest BCUT2D eigenvalue weighted by Crippen LogP contribution is -2.36. The highest BCUT2D eigenvalue weighted by molar-refractivity contribution is 6.31. The minimum absolute atomic E-state index is 0.679. The average molecular weight is 280 g/mol. The van der Waals surface area contributed by atoms with E-state index in [4.69, 9.17) is 11.6 Å². The largest absolute Gasteiger partial charge is 0.314 e. The van der Waals surface area contributed by atoms with Crippen LogP contribution in [0.15, 0.2) is 24.3 Å². The SMILES string of the molecule is CCCNC(CCc1ccccc1Cl)C1CCCC1. The van der Waals surface area contributed by atoms with E-state index in [0.717, 1.165) is 23.9 Å². The van der Waals surface area contributed by atoms with E-state index in [-0.39, 0.29) is 0 Å². The normalized spacial score (nSPS) is 17.8. The molecule has 0 aliphatic heterocycles. The molecule has 1 unspecified atom stereocenters. The van der Waals surface area contributed by atoms with Crippen LogP contribution >= 0.6 is 11.6 Å². The van der Waals surface area contributed by atoms with Crippen molar-refractivity contribution in [1.29, 1.82) is 0 Å². The Morgan fingerprint density at radius 2 is 2.00 bits per heavy atom. The topological polar surface area (TPSA) is 12.0 Å². The van der Waals surface area contributed by atoms with Crippen LogP contribution in [-0.2, 0) is 6.42 Å². The number of rotatable bonds is 7. The second-order valence-corrected chi connectivity index (χ2v) is 6.14. The number of hydrogen-bond acceptors (Lipinski definition) is 1. The zero-order chi connectivity index (χ0) is 13.5. The maximum absolute atomic E-state index is 6.25. The molecule has 1 aliphatic rings. The van der Waals surface area contributed by atoms with Gasteiger partial charge in [0.15, 0.2) is 0 Å². The van der Waals surface area contributed by atoms with Gasteiger partial charge in [-0.2, -0.15) is 0 Å². The van der Waals surface area contributed by atoms with Crippen molar-refractivity contribution in [1.82, 2.24) is 5.32 Å². The van der Waals surface area contributed by atoms with Gasteiger partial charge in [0.2, 0.25) is 0 Å². The van der Waals surface area contributed by atoms with Crippen LogP contribution in [0.5, 0.6) is 0 Å². The molecule has 1 aliphatic carbocycles. The summed E-state index contributed by atoms with van der Waals surface area (Å²) in [5.74, 6) is 0.883. The van der Waals surface area contributed by atoms with E-state index < -0.39 is 0 Å². The molecule has 2 heteroatoms. The number of hydrogen-bond donors (Lipinski definition) is 1. The number of aryl methyl sites for hydroxylation is 1. The van der Waals surface area contributed by atoms with Gasteiger partial charge in [0.25, 0.3) is 0 Å². The monoisotopic (exact) mass is 279 g/mol. The first kappa shape index (κ1) is 14.9. The molecule has 1 nitrogen and oxygen atoms in total. The van der Waals surface area contributed by atoms with Gasteiger partial charge in [-0.1, -0.05) is 49.6 Å². The molecule has 0 spiro atoms. The molecule has 1 fully saturated rings. The molecule has 0 heterocycles. The molecule has 0 amide bonds. The van der Waals surface area contributed by atoms with Crippen LogP contribution < -0.4 is 5.32 Å². The molecular weight excluding hydrogens is 254 g/mol. The van der Waals surface area contributed by atoms with Gasteiger partial charge in [-0.3, -0.25) is 0 Å². The Morgan fingerprint density at radius 1 is 1.26 bits per heavy atom. The van der Waals surface area contributed by atoms with Crippen molar-refractivity contribution in [2.24, 2.45) is 5.92 Å². The highest BCUT2D eigenvalue weighted by atomic mass is 35.5. The molecule has 0 saturated heterocycles. The Balaban J connectivity index is 1.90. The Labute approximate surface area is 122 Å². The fraction of sp³-hybridized carbons (Fsp3) is 0.647. The Hall–Kier alpha value is -0.530. The first-order valence-electron chi connectivity index (χ1n) is 7.78. The molecule has 1 N–H and O–H groups in total. The van der Waals surface area contributed by atoms with Crippen molar-refractivity contribution in [3.05, 3.63) is 34.9 Å². The van der Waals surface area contributed by atoms with Gasteiger partial charge < -0.3 is 5.32 Å². The van der Waals surface area contributed by atoms with Crippen molar-refractivity contribution >= 4 is 11.6 Å². The summed E-state index contributed by atoms with van der Waals surface area (Å²) in [7, 11) is 0. The fourth-order valence-corrected chi connectivity index (χ4v) is 3.44. The van der Waals surface area contributed by atoms with E-state index in [1.807, 2.05) is 12.1 Å². The van der Waals surface area contributed by atoms with Gasteiger partial charge in [-0.25, -0.2) is 0 Å². The van der Waals surface area contributed by atoms with Gasteiger partial charge in [0.1, 0.15) is 0 Å². The zero-order valence-electron chi connectivity index (χ0n) is 12.0. The number of halogens is 1. The van der Waals surface area contributed by atoms with Crippen molar-refractivity contribution < 1.29 is 0 Å². The summed E-state index contributed by atoms with van der Waals surface area (Å²) in [6, 6.07) is 8.94. The van der Waals surface area contributed by atoms with E-state index in [0.29, 0.717) is 6.04 Å². The van der Waals surface area contributed by atoms with Crippen LogP contribution in [0.3, 0.4) is 0 Å². The molecule has 1 aromatic carbocycles. The van der Waals surface area contributed by atoms with E-state index in [2.05, 4.69) is 24.4 Å². The second kappa shape index (κ2) is 7.91. The van der Waals surface area contributed by atoms with E-state index >= 15 is 0 Å². The molecule has 0 bridgehead atoms. The van der Waals surface area contributed by atoms with Crippen LogP contribution in [0.2, 0.25) is 5.02 Å². The van der Waals surface area contributed by atoms with Crippen molar-refractivity contribution in [2.45, 2.75) is 57.9 Å². The Kier molecular flexibility index (Phi) is 6.19. The van der Waals surface area contributed by atoms with E-state index in [1.54, 1.807) is 0 Å². The molecule has 2 rings (SSSR count). The third kappa shape index (κ3) is 4.50. The summed E-state index contributed by atoms with van der Waals surface area (Å²) < 4.78 is 0. The lowest BCUT2D eigenvalue weighted by Gasteiger charge is -2.25. The van der Waals surface area contributed by atoms with Gasteiger partial charge in [0.05, 0.1) is 0 Å². The Bertz CT molecular complexity index is 371. The standard InChI is InChI=1S/C17H26ClN/c1-2-13-19-17(15-8-3-4-9-15)12-11-14-7-5-6-10-16(14)18/h5-7,10,15,17,19H,2-4,8-9,11-13H2,1H3. The maximum Gasteiger partial charge on any atom is 0.0437 e. The molecule has 19 heavy (non-hydrogen) atoms. The van der Waals surface area contributed by atoms with Crippen LogP contribution in [0, 0.1) is 5.92 Å². The number of nitrogens with one attached hydrogen (secondary N) is 1. The van der Waals surface area contributed by atoms with Crippen LogP contribution in [0.4, 0.5) is 0 Å². The van der Waals surface area contributed by atoms with Crippen LogP contribution in [0.1, 0.15) is 51.0 Å². The molecule has 106 valence electrons. The minimum Gasteiger partial charge on any atom is -0.314 e. The predicted octanol–water partition coefficient (Wildman–Crippen LogP) is 4.83. The van der Waals surface area contributed by atoms with E-state index in [1.165, 1.54) is 44.1 Å². The lowest BCUT2D eigenvalue weighted by molar-refractivity contribution is 0.341. The van der Waals surface area contributed by atoms with Gasteiger partial charge in [-0.05, 0) is 56.2 Å². The molecule has 1 saturated carbocycles. The third-order valence-corrected chi connectivity index (χ3v) is 4.68. The summed E-state index contributed by atoms with van der Waals surface area (Å²) in [6.07, 6.45) is 9.18. The second-order valence-electron chi connectivity index (χ2n) is 5.74. The van der Waals surface area contributed by atoms with Crippen LogP contribution in [-0.4, -0.2) is 12.6 Å². The first-order chi connectivity index (χ1) is 9.31. The summed E-state index contributed by atoms with van der Waals surface area (Å²) in [5.41, 5.74) is 1.30. The predicted molar refractivity (Wildman–Crippen MR) is 83.8 cm³/mol. The Morgan fingerprint density at radius 3 is 2.68 bits per heavy atom. The summed E-state index contributed by atoms with van der Waals surface area (Å²) in [5, 5.41) is 4.68. The molecule has 1 atom stereocenters. The molecule has 1 aromatic rings. The smallest absolute Gasteiger partial charge is 0.0437 e. The highest BCUT2D eigenvalue weighted by Crippen LogP contribution is 2.30. The van der Waals surface area contributed by atoms with Crippen molar-refractivity contribution in [3.8, 4) is 0 Å². The van der Waals surface area contributed by atoms with Gasteiger partial charge in [0, 0.05) is 11.1 Å². The quantitative estimate of drug-likeness (QED) is 0.754. The molecule has 0 radical (unpaired) electrons. The van der Waals surface area contributed by atoms with Gasteiger partial charge >= 0.3 is 0 Å². The minimum atomic E-state index is 0.679. The van der Waals surface area contributed by atoms with Crippen LogP contribution in [0.25, 0.3) is 0 Å². The molecular formula is C17H26ClN. The first-order valence-corrected chi connectivity index (χ1v) is 8.16. The lowest BCUT2D eigenvalue weighted by atomic mass is 9.92. The third-order valence-electron chi connectivity index (χ3n) is 4.31. The summed E-state index contributed by atoms with van der Waals surface area (Å²) >= 11 is 6.25. The maximum atomic E-state index is 6.25. The number of benzene rings is 1. The zero-order valence-corrected chi connectivity index (χ0v) is 12.8.